The summed E-state index contributed by atoms with van der Waals surface area (Å²) < 4.78 is 18.0. The molecule has 0 saturated heterocycles. The largest absolute Gasteiger partial charge is 0.497 e. The molecule has 0 atom stereocenters. The van der Waals surface area contributed by atoms with Crippen molar-refractivity contribution in [1.29, 1.82) is 0 Å². The lowest BCUT2D eigenvalue weighted by atomic mass is 10.1. The van der Waals surface area contributed by atoms with Crippen LogP contribution < -0.4 is 15.6 Å². The Kier molecular flexibility index (Phi) is 4.51. The molecule has 0 aliphatic heterocycles. The van der Waals surface area contributed by atoms with Crippen LogP contribution in [0.4, 0.5) is 16.0 Å². The Morgan fingerprint density at radius 2 is 1.96 bits per heavy atom. The van der Waals surface area contributed by atoms with Crippen LogP contribution in [0, 0.1) is 5.82 Å². The van der Waals surface area contributed by atoms with E-state index in [4.69, 9.17) is 4.74 Å². The molecule has 122 valence electrons. The molecule has 7 heteroatoms. The van der Waals surface area contributed by atoms with E-state index in [2.05, 4.69) is 20.5 Å². The fraction of sp³-hybridized carbons (Fsp3) is 0.118. The summed E-state index contributed by atoms with van der Waals surface area (Å²) in [5.41, 5.74) is 1.41. The van der Waals surface area contributed by atoms with Crippen molar-refractivity contribution in [3.8, 4) is 5.75 Å². The molecule has 0 aliphatic carbocycles. The number of nitrogens with zero attached hydrogens (tertiary/aromatic N) is 2. The summed E-state index contributed by atoms with van der Waals surface area (Å²) in [6.45, 7) is 0. The lowest BCUT2D eigenvalue weighted by Gasteiger charge is -2.07. The minimum Gasteiger partial charge on any atom is -0.497 e. The number of hydrogen-bond donors (Lipinski definition) is 2. The monoisotopic (exact) mass is 326 g/mol. The molecule has 0 spiro atoms. The van der Waals surface area contributed by atoms with E-state index >= 15 is 0 Å². The summed E-state index contributed by atoms with van der Waals surface area (Å²) in [4.78, 5) is 14.8. The lowest BCUT2D eigenvalue weighted by molar-refractivity contribution is 0.415. The molecule has 0 unspecified atom stereocenters. The molecule has 0 bridgehead atoms. The Balaban J connectivity index is 1.76. The first-order chi connectivity index (χ1) is 11.6. The maximum absolute atomic E-state index is 12.9. The van der Waals surface area contributed by atoms with Crippen molar-refractivity contribution in [2.45, 2.75) is 6.42 Å². The number of halogens is 1. The summed E-state index contributed by atoms with van der Waals surface area (Å²) in [6, 6.07) is 13.1. The molecule has 0 amide bonds. The van der Waals surface area contributed by atoms with Crippen molar-refractivity contribution in [3.63, 3.8) is 0 Å². The van der Waals surface area contributed by atoms with Crippen LogP contribution in [0.25, 0.3) is 0 Å². The maximum Gasteiger partial charge on any atom is 0.274 e. The second-order valence-corrected chi connectivity index (χ2v) is 5.11. The van der Waals surface area contributed by atoms with Gasteiger partial charge in [-0.3, -0.25) is 9.78 Å². The van der Waals surface area contributed by atoms with Gasteiger partial charge in [0.15, 0.2) is 0 Å². The highest BCUT2D eigenvalue weighted by atomic mass is 19.1. The average Bonchev–Trinajstić information content (AvgIpc) is 2.59. The molecule has 0 aliphatic rings. The Morgan fingerprint density at radius 3 is 2.67 bits per heavy atom. The van der Waals surface area contributed by atoms with Gasteiger partial charge in [0, 0.05) is 18.2 Å². The van der Waals surface area contributed by atoms with E-state index in [1.165, 1.54) is 12.1 Å². The number of aromatic nitrogens is 3. The number of methoxy groups -OCH3 is 1. The van der Waals surface area contributed by atoms with E-state index in [0.717, 1.165) is 5.56 Å². The fourth-order valence-electron chi connectivity index (χ4n) is 2.17. The third-order valence-electron chi connectivity index (χ3n) is 3.38. The highest BCUT2D eigenvalue weighted by Gasteiger charge is 2.07. The highest BCUT2D eigenvalue weighted by molar-refractivity contribution is 5.55. The highest BCUT2D eigenvalue weighted by Crippen LogP contribution is 2.18. The van der Waals surface area contributed by atoms with Crippen LogP contribution >= 0.6 is 0 Å². The number of anilines is 2. The molecule has 0 fully saturated rings. The third-order valence-corrected chi connectivity index (χ3v) is 3.38. The van der Waals surface area contributed by atoms with Gasteiger partial charge in [-0.15, -0.1) is 10.2 Å². The second-order valence-electron chi connectivity index (χ2n) is 5.11. The number of benzene rings is 2. The van der Waals surface area contributed by atoms with Crippen molar-refractivity contribution in [3.05, 3.63) is 76.0 Å². The molecule has 3 rings (SSSR count). The summed E-state index contributed by atoms with van der Waals surface area (Å²) in [5, 5.41) is 10.9. The van der Waals surface area contributed by atoms with E-state index in [9.17, 15) is 9.18 Å². The van der Waals surface area contributed by atoms with Gasteiger partial charge in [0.2, 0.25) is 5.95 Å². The molecule has 24 heavy (non-hydrogen) atoms. The molecule has 2 N–H and O–H groups in total. The Bertz CT molecular complexity index is 894. The number of rotatable bonds is 5. The van der Waals surface area contributed by atoms with E-state index in [-0.39, 0.29) is 29.4 Å². The average molecular weight is 326 g/mol. The standard InChI is InChI=1S/C17H15FN4O2/c1-24-14-4-2-3-13(10-14)19-17-20-16(23)15(21-22-17)9-11-5-7-12(18)8-6-11/h2-8,10H,9H2,1H3,(H2,19,20,22,23). The molecule has 6 nitrogen and oxygen atoms in total. The SMILES string of the molecule is COc1cccc(Nc2nnc(Cc3ccc(F)cc3)c(=O)[nH]2)c1. The number of nitrogens with one attached hydrogen (secondary N) is 2. The van der Waals surface area contributed by atoms with Crippen molar-refractivity contribution in [2.24, 2.45) is 0 Å². The Hall–Kier alpha value is -3.22. The quantitative estimate of drug-likeness (QED) is 0.753. The third kappa shape index (κ3) is 3.75. The van der Waals surface area contributed by atoms with Gasteiger partial charge >= 0.3 is 0 Å². The van der Waals surface area contributed by atoms with E-state index in [0.29, 0.717) is 11.4 Å². The number of ether oxygens (including phenoxy) is 1. The molecule has 0 radical (unpaired) electrons. The normalized spacial score (nSPS) is 10.4. The summed E-state index contributed by atoms with van der Waals surface area (Å²) in [5.74, 6) is 0.593. The van der Waals surface area contributed by atoms with Crippen molar-refractivity contribution in [1.82, 2.24) is 15.2 Å². The van der Waals surface area contributed by atoms with Gasteiger partial charge in [-0.05, 0) is 29.8 Å². The van der Waals surface area contributed by atoms with Crippen molar-refractivity contribution < 1.29 is 9.13 Å². The van der Waals surface area contributed by atoms with Crippen LogP contribution in [0.15, 0.2) is 53.3 Å². The first-order valence-corrected chi connectivity index (χ1v) is 7.25. The summed E-state index contributed by atoms with van der Waals surface area (Å²) >= 11 is 0. The van der Waals surface area contributed by atoms with Crippen molar-refractivity contribution in [2.75, 3.05) is 12.4 Å². The van der Waals surface area contributed by atoms with E-state index in [1.54, 1.807) is 25.3 Å². The van der Waals surface area contributed by atoms with Crippen LogP contribution in [-0.2, 0) is 6.42 Å². The van der Waals surface area contributed by atoms with Gasteiger partial charge < -0.3 is 10.1 Å². The van der Waals surface area contributed by atoms with Crippen LogP contribution in [0.5, 0.6) is 5.75 Å². The summed E-state index contributed by atoms with van der Waals surface area (Å²) in [7, 11) is 1.57. The zero-order valence-electron chi connectivity index (χ0n) is 12.9. The van der Waals surface area contributed by atoms with Gasteiger partial charge in [0.05, 0.1) is 7.11 Å². The predicted octanol–water partition coefficient (Wildman–Crippen LogP) is 2.65. The number of aromatic amines is 1. The molecule has 1 aromatic heterocycles. The minimum atomic E-state index is -0.347. The lowest BCUT2D eigenvalue weighted by Crippen LogP contribution is -2.18. The molecule has 2 aromatic carbocycles. The van der Waals surface area contributed by atoms with Crippen LogP contribution in [0.2, 0.25) is 0 Å². The topological polar surface area (TPSA) is 79.9 Å². The maximum atomic E-state index is 12.9. The number of hydrogen-bond acceptors (Lipinski definition) is 5. The molecule has 3 aromatic rings. The first kappa shape index (κ1) is 15.7. The van der Waals surface area contributed by atoms with Crippen LogP contribution in [0.3, 0.4) is 0 Å². The molecular formula is C17H15FN4O2. The molecule has 1 heterocycles. The van der Waals surface area contributed by atoms with Gasteiger partial charge in [0.25, 0.3) is 5.56 Å². The van der Waals surface area contributed by atoms with Gasteiger partial charge in [-0.25, -0.2) is 4.39 Å². The Morgan fingerprint density at radius 1 is 1.17 bits per heavy atom. The molecule has 0 saturated carbocycles. The molecular weight excluding hydrogens is 311 g/mol. The second kappa shape index (κ2) is 6.91. The van der Waals surface area contributed by atoms with E-state index in [1.807, 2.05) is 18.2 Å². The van der Waals surface area contributed by atoms with Crippen LogP contribution in [0.1, 0.15) is 11.3 Å². The summed E-state index contributed by atoms with van der Waals surface area (Å²) in [6.07, 6.45) is 0.280. The first-order valence-electron chi connectivity index (χ1n) is 7.25. The fourth-order valence-corrected chi connectivity index (χ4v) is 2.17. The van der Waals surface area contributed by atoms with Gasteiger partial charge in [-0.1, -0.05) is 18.2 Å². The van der Waals surface area contributed by atoms with Gasteiger partial charge in [-0.2, -0.15) is 0 Å². The minimum absolute atomic E-state index is 0.233. The van der Waals surface area contributed by atoms with Gasteiger partial charge in [0.1, 0.15) is 17.3 Å². The number of H-pyrrole nitrogens is 1. The van der Waals surface area contributed by atoms with Crippen LogP contribution in [-0.4, -0.2) is 22.3 Å². The Labute approximate surface area is 137 Å². The van der Waals surface area contributed by atoms with Crippen molar-refractivity contribution >= 4 is 11.6 Å². The smallest absolute Gasteiger partial charge is 0.274 e. The zero-order chi connectivity index (χ0) is 16.9. The predicted molar refractivity (Wildman–Crippen MR) is 88.1 cm³/mol. The van der Waals surface area contributed by atoms with E-state index < -0.39 is 0 Å². The zero-order valence-corrected chi connectivity index (χ0v) is 12.9.